The van der Waals surface area contributed by atoms with Crippen molar-refractivity contribution in [3.8, 4) is 11.5 Å². The predicted octanol–water partition coefficient (Wildman–Crippen LogP) is 2.57. The highest BCUT2D eigenvalue weighted by Crippen LogP contribution is 2.20. The average Bonchev–Trinajstić information content (AvgIpc) is 2.98. The largest absolute Gasteiger partial charge is 0.421 e. The molecule has 1 aromatic carbocycles. The summed E-state index contributed by atoms with van der Waals surface area (Å²) in [6.07, 6.45) is 0.842. The van der Waals surface area contributed by atoms with E-state index >= 15 is 0 Å². The van der Waals surface area contributed by atoms with Gasteiger partial charge in [-0.2, -0.15) is 0 Å². The Morgan fingerprint density at radius 2 is 2.17 bits per heavy atom. The number of amides is 1. The van der Waals surface area contributed by atoms with Gasteiger partial charge in [-0.3, -0.25) is 4.79 Å². The molecule has 0 saturated heterocycles. The number of carbonyl (C=O) groups excluding carboxylic acids is 1. The summed E-state index contributed by atoms with van der Waals surface area (Å²) >= 11 is 0. The molecule has 0 fully saturated rings. The van der Waals surface area contributed by atoms with Crippen molar-refractivity contribution >= 4 is 5.91 Å². The maximum atomic E-state index is 12.3. The second-order valence-corrected chi connectivity index (χ2v) is 6.06. The van der Waals surface area contributed by atoms with Crippen molar-refractivity contribution in [3.05, 3.63) is 35.7 Å². The predicted molar refractivity (Wildman–Crippen MR) is 86.9 cm³/mol. The fraction of sp³-hybridized carbons (Fsp3) is 0.471. The topological polar surface area (TPSA) is 88.2 Å². The third-order valence-electron chi connectivity index (χ3n) is 4.18. The third-order valence-corrected chi connectivity index (χ3v) is 4.18. The van der Waals surface area contributed by atoms with Crippen LogP contribution < -0.4 is 5.32 Å². The Bertz CT molecular complexity index is 679. The van der Waals surface area contributed by atoms with Gasteiger partial charge in [-0.05, 0) is 31.0 Å². The lowest BCUT2D eigenvalue weighted by atomic mass is 9.88. The first kappa shape index (κ1) is 17.1. The molecule has 6 heteroatoms. The number of aromatic nitrogens is 2. The molecule has 1 aromatic heterocycles. The van der Waals surface area contributed by atoms with Crippen LogP contribution in [0.4, 0.5) is 0 Å². The SMILES string of the molecule is CC[C@H](C)[C@](C)(O)CNC(=O)c1cccc(-c2nnc(C)o2)c1. The molecule has 0 radical (unpaired) electrons. The van der Waals surface area contributed by atoms with Gasteiger partial charge >= 0.3 is 0 Å². The van der Waals surface area contributed by atoms with Crippen LogP contribution in [0, 0.1) is 12.8 Å². The molecule has 0 aliphatic heterocycles. The van der Waals surface area contributed by atoms with Gasteiger partial charge in [0.15, 0.2) is 0 Å². The number of benzene rings is 1. The Balaban J connectivity index is 2.08. The quantitative estimate of drug-likeness (QED) is 0.855. The van der Waals surface area contributed by atoms with Crippen LogP contribution >= 0.6 is 0 Å². The minimum atomic E-state index is -0.939. The van der Waals surface area contributed by atoms with Crippen molar-refractivity contribution in [2.24, 2.45) is 5.92 Å². The summed E-state index contributed by atoms with van der Waals surface area (Å²) in [5.74, 6) is 0.699. The monoisotopic (exact) mass is 317 g/mol. The van der Waals surface area contributed by atoms with Gasteiger partial charge in [0.1, 0.15) is 0 Å². The number of aryl methyl sites for hydroxylation is 1. The van der Waals surface area contributed by atoms with Crippen LogP contribution in [-0.4, -0.2) is 33.4 Å². The van der Waals surface area contributed by atoms with E-state index in [1.807, 2.05) is 13.8 Å². The van der Waals surface area contributed by atoms with Crippen molar-refractivity contribution in [2.45, 2.75) is 39.7 Å². The molecule has 0 aliphatic carbocycles. The van der Waals surface area contributed by atoms with E-state index in [0.29, 0.717) is 22.9 Å². The van der Waals surface area contributed by atoms with Crippen molar-refractivity contribution in [2.75, 3.05) is 6.54 Å². The summed E-state index contributed by atoms with van der Waals surface area (Å²) in [5, 5.41) is 20.9. The second-order valence-electron chi connectivity index (χ2n) is 6.06. The number of carbonyl (C=O) groups is 1. The van der Waals surface area contributed by atoms with Crippen LogP contribution in [0.15, 0.2) is 28.7 Å². The summed E-state index contributed by atoms with van der Waals surface area (Å²) in [6.45, 7) is 7.62. The Hall–Kier alpha value is -2.21. The highest BCUT2D eigenvalue weighted by Gasteiger charge is 2.27. The lowest BCUT2D eigenvalue weighted by molar-refractivity contribution is 0.00593. The molecule has 2 rings (SSSR count). The number of nitrogens with zero attached hydrogens (tertiary/aromatic N) is 2. The molecule has 0 spiro atoms. The zero-order valence-corrected chi connectivity index (χ0v) is 14.0. The van der Waals surface area contributed by atoms with Crippen LogP contribution in [0.2, 0.25) is 0 Å². The van der Waals surface area contributed by atoms with E-state index in [0.717, 1.165) is 6.42 Å². The minimum absolute atomic E-state index is 0.0931. The first-order valence-electron chi connectivity index (χ1n) is 7.74. The summed E-state index contributed by atoms with van der Waals surface area (Å²) in [6, 6.07) is 6.97. The Kier molecular flexibility index (Phi) is 5.15. The lowest BCUT2D eigenvalue weighted by Crippen LogP contribution is -2.45. The lowest BCUT2D eigenvalue weighted by Gasteiger charge is -2.29. The van der Waals surface area contributed by atoms with Crippen LogP contribution in [0.3, 0.4) is 0 Å². The van der Waals surface area contributed by atoms with Gasteiger partial charge in [0.25, 0.3) is 5.91 Å². The standard InChI is InChI=1S/C17H23N3O3/c1-5-11(2)17(4,22)10-18-15(21)13-7-6-8-14(9-13)16-20-19-12(3)23-16/h6-9,11,22H,5,10H2,1-4H3,(H,18,21)/t11-,17+/m0/s1. The van der Waals surface area contributed by atoms with Crippen LogP contribution in [0.25, 0.3) is 11.5 Å². The van der Waals surface area contributed by atoms with Crippen LogP contribution in [0.1, 0.15) is 43.4 Å². The summed E-state index contributed by atoms with van der Waals surface area (Å²) in [4.78, 5) is 12.3. The van der Waals surface area contributed by atoms with Gasteiger partial charge in [0.2, 0.25) is 11.8 Å². The third kappa shape index (κ3) is 4.16. The van der Waals surface area contributed by atoms with Gasteiger partial charge in [-0.25, -0.2) is 0 Å². The molecule has 2 atom stereocenters. The normalized spacial score (nSPS) is 15.0. The van der Waals surface area contributed by atoms with E-state index in [4.69, 9.17) is 4.42 Å². The molecule has 0 aliphatic rings. The molecule has 124 valence electrons. The number of rotatable bonds is 6. The van der Waals surface area contributed by atoms with E-state index in [9.17, 15) is 9.90 Å². The van der Waals surface area contributed by atoms with E-state index in [1.54, 1.807) is 38.1 Å². The van der Waals surface area contributed by atoms with Crippen molar-refractivity contribution < 1.29 is 14.3 Å². The number of hydrogen-bond donors (Lipinski definition) is 2. The van der Waals surface area contributed by atoms with Gasteiger partial charge in [0, 0.05) is 24.6 Å². The van der Waals surface area contributed by atoms with Crippen molar-refractivity contribution in [1.29, 1.82) is 0 Å². The first-order valence-corrected chi connectivity index (χ1v) is 7.74. The molecule has 0 unspecified atom stereocenters. The highest BCUT2D eigenvalue weighted by atomic mass is 16.4. The number of nitrogens with one attached hydrogen (secondary N) is 1. The molecule has 2 N–H and O–H groups in total. The highest BCUT2D eigenvalue weighted by molar-refractivity contribution is 5.95. The Labute approximate surface area is 135 Å². The molecule has 1 amide bonds. The average molecular weight is 317 g/mol. The first-order chi connectivity index (χ1) is 10.8. The molecular weight excluding hydrogens is 294 g/mol. The molecule has 1 heterocycles. The van der Waals surface area contributed by atoms with Gasteiger partial charge in [0.05, 0.1) is 5.60 Å². The fourth-order valence-corrected chi connectivity index (χ4v) is 2.18. The molecule has 23 heavy (non-hydrogen) atoms. The molecule has 0 bridgehead atoms. The molecule has 2 aromatic rings. The number of aliphatic hydroxyl groups is 1. The van der Waals surface area contributed by atoms with Gasteiger partial charge < -0.3 is 14.8 Å². The second kappa shape index (κ2) is 6.91. The van der Waals surface area contributed by atoms with Gasteiger partial charge in [-0.1, -0.05) is 26.3 Å². The summed E-state index contributed by atoms with van der Waals surface area (Å²) in [7, 11) is 0. The van der Waals surface area contributed by atoms with E-state index in [2.05, 4.69) is 15.5 Å². The van der Waals surface area contributed by atoms with E-state index < -0.39 is 5.60 Å². The van der Waals surface area contributed by atoms with Gasteiger partial charge in [-0.15, -0.1) is 10.2 Å². The Morgan fingerprint density at radius 3 is 2.78 bits per heavy atom. The number of hydrogen-bond acceptors (Lipinski definition) is 5. The maximum Gasteiger partial charge on any atom is 0.251 e. The fourth-order valence-electron chi connectivity index (χ4n) is 2.18. The van der Waals surface area contributed by atoms with Crippen LogP contribution in [-0.2, 0) is 0 Å². The van der Waals surface area contributed by atoms with Crippen LogP contribution in [0.5, 0.6) is 0 Å². The Morgan fingerprint density at radius 1 is 1.43 bits per heavy atom. The zero-order valence-electron chi connectivity index (χ0n) is 14.0. The molecular formula is C17H23N3O3. The minimum Gasteiger partial charge on any atom is -0.421 e. The van der Waals surface area contributed by atoms with E-state index in [-0.39, 0.29) is 18.4 Å². The van der Waals surface area contributed by atoms with E-state index in [1.165, 1.54) is 0 Å². The smallest absolute Gasteiger partial charge is 0.251 e. The summed E-state index contributed by atoms with van der Waals surface area (Å²) < 4.78 is 5.37. The maximum absolute atomic E-state index is 12.3. The molecule has 6 nitrogen and oxygen atoms in total. The zero-order chi connectivity index (χ0) is 17.0. The van der Waals surface area contributed by atoms with Crippen molar-refractivity contribution in [3.63, 3.8) is 0 Å². The molecule has 0 saturated carbocycles. The summed E-state index contributed by atoms with van der Waals surface area (Å²) in [5.41, 5.74) is 0.233. The van der Waals surface area contributed by atoms with Crippen molar-refractivity contribution in [1.82, 2.24) is 15.5 Å².